The highest BCUT2D eigenvalue weighted by atomic mass is 35.5. The van der Waals surface area contributed by atoms with Crippen LogP contribution in [0, 0.1) is 0 Å². The van der Waals surface area contributed by atoms with Crippen LogP contribution in [0.25, 0.3) is 0 Å². The van der Waals surface area contributed by atoms with Crippen LogP contribution in [0.5, 0.6) is 5.75 Å². The number of ether oxygens (including phenoxy) is 2. The number of benzene rings is 1. The fraction of sp³-hybridized carbons (Fsp3) is 0.294. The van der Waals surface area contributed by atoms with E-state index in [4.69, 9.17) is 32.7 Å². The van der Waals surface area contributed by atoms with Gasteiger partial charge in [0.05, 0.1) is 11.6 Å². The zero-order valence-electron chi connectivity index (χ0n) is 13.8. The highest BCUT2D eigenvalue weighted by Gasteiger charge is 2.12. The van der Waals surface area contributed by atoms with Gasteiger partial charge in [-0.3, -0.25) is 0 Å². The van der Waals surface area contributed by atoms with E-state index in [1.165, 1.54) is 7.05 Å². The van der Waals surface area contributed by atoms with E-state index in [2.05, 4.69) is 10.3 Å². The van der Waals surface area contributed by atoms with Gasteiger partial charge in [-0.25, -0.2) is 9.59 Å². The van der Waals surface area contributed by atoms with Crippen LogP contribution in [0.3, 0.4) is 0 Å². The van der Waals surface area contributed by atoms with Gasteiger partial charge in [0, 0.05) is 25.6 Å². The minimum absolute atomic E-state index is 0.0947. The molecule has 0 radical (unpaired) electrons. The molecule has 0 fully saturated rings. The molecule has 0 saturated heterocycles. The maximum Gasteiger partial charge on any atom is 0.349 e. The van der Waals surface area contributed by atoms with Gasteiger partial charge >= 0.3 is 11.9 Å². The van der Waals surface area contributed by atoms with Crippen LogP contribution in [0.15, 0.2) is 42.5 Å². The standard InChI is InChI=1S/C17H19Cl2NO5/c1-3-5-12(24-14-7-4-6-13(18)17(14)19)10-11-23-15(21)8-9-16(22)25-20-2/h3-9,12,20H,10-11H2,1-2H3/b5-3+,9-8+. The average Bonchev–Trinajstić information content (AvgIpc) is 2.57. The van der Waals surface area contributed by atoms with Crippen molar-refractivity contribution in [1.29, 1.82) is 0 Å². The number of allylic oxidation sites excluding steroid dienone is 1. The molecule has 1 aromatic carbocycles. The monoisotopic (exact) mass is 387 g/mol. The van der Waals surface area contributed by atoms with Crippen molar-refractivity contribution < 1.29 is 23.9 Å². The number of hydrogen-bond donors (Lipinski definition) is 1. The lowest BCUT2D eigenvalue weighted by molar-refractivity contribution is -0.144. The summed E-state index contributed by atoms with van der Waals surface area (Å²) in [6, 6.07) is 5.09. The summed E-state index contributed by atoms with van der Waals surface area (Å²) in [5.41, 5.74) is 2.20. The number of carbonyl (C=O) groups is 2. The lowest BCUT2D eigenvalue weighted by Gasteiger charge is -2.17. The summed E-state index contributed by atoms with van der Waals surface area (Å²) in [5.74, 6) is -0.920. The Morgan fingerprint density at radius 1 is 1.24 bits per heavy atom. The van der Waals surface area contributed by atoms with Crippen LogP contribution in [0.1, 0.15) is 13.3 Å². The van der Waals surface area contributed by atoms with Gasteiger partial charge in [-0.15, -0.1) is 0 Å². The van der Waals surface area contributed by atoms with E-state index >= 15 is 0 Å². The van der Waals surface area contributed by atoms with Gasteiger partial charge in [-0.05, 0) is 25.1 Å². The lowest BCUT2D eigenvalue weighted by Crippen LogP contribution is -2.18. The molecule has 0 aliphatic heterocycles. The van der Waals surface area contributed by atoms with E-state index in [-0.39, 0.29) is 12.7 Å². The van der Waals surface area contributed by atoms with Crippen LogP contribution in [0.2, 0.25) is 10.0 Å². The number of carbonyl (C=O) groups excluding carboxylic acids is 2. The molecule has 0 amide bonds. The van der Waals surface area contributed by atoms with Crippen LogP contribution in [0.4, 0.5) is 0 Å². The predicted molar refractivity (Wildman–Crippen MR) is 95.6 cm³/mol. The zero-order valence-corrected chi connectivity index (χ0v) is 15.3. The van der Waals surface area contributed by atoms with E-state index < -0.39 is 11.9 Å². The molecule has 0 aromatic heterocycles. The molecule has 6 nitrogen and oxygen atoms in total. The van der Waals surface area contributed by atoms with Gasteiger partial charge in [0.2, 0.25) is 0 Å². The van der Waals surface area contributed by atoms with Crippen LogP contribution >= 0.6 is 23.2 Å². The molecular weight excluding hydrogens is 369 g/mol. The number of rotatable bonds is 9. The number of hydrogen-bond acceptors (Lipinski definition) is 6. The molecule has 0 aliphatic rings. The summed E-state index contributed by atoms with van der Waals surface area (Å²) >= 11 is 12.0. The number of halogens is 2. The summed E-state index contributed by atoms with van der Waals surface area (Å²) in [6.07, 6.45) is 5.62. The summed E-state index contributed by atoms with van der Waals surface area (Å²) in [6.45, 7) is 1.94. The van der Waals surface area contributed by atoms with Gasteiger partial charge in [0.15, 0.2) is 0 Å². The third-order valence-corrected chi connectivity index (χ3v) is 3.61. The van der Waals surface area contributed by atoms with Crippen molar-refractivity contribution in [1.82, 2.24) is 5.48 Å². The molecule has 0 bridgehead atoms. The van der Waals surface area contributed by atoms with Crippen molar-refractivity contribution in [3.05, 3.63) is 52.5 Å². The molecule has 1 rings (SSSR count). The van der Waals surface area contributed by atoms with Crippen LogP contribution in [-0.2, 0) is 19.2 Å². The summed E-state index contributed by atoms with van der Waals surface area (Å²) in [5, 5.41) is 0.713. The zero-order chi connectivity index (χ0) is 18.7. The first-order valence-corrected chi connectivity index (χ1v) is 8.19. The second kappa shape index (κ2) is 11.5. The molecule has 1 atom stereocenters. The van der Waals surface area contributed by atoms with E-state index in [1.807, 2.05) is 19.1 Å². The van der Waals surface area contributed by atoms with E-state index in [1.54, 1.807) is 18.2 Å². The summed E-state index contributed by atoms with van der Waals surface area (Å²) < 4.78 is 10.8. The Bertz CT molecular complexity index is 646. The van der Waals surface area contributed by atoms with Gasteiger partial charge in [0.25, 0.3) is 0 Å². The smallest absolute Gasteiger partial charge is 0.349 e. The number of nitrogens with one attached hydrogen (secondary N) is 1. The first kappa shape index (κ1) is 21.0. The van der Waals surface area contributed by atoms with Crippen molar-refractivity contribution in [3.8, 4) is 5.75 Å². The number of hydroxylamine groups is 1. The Labute approximate surface area is 156 Å². The highest BCUT2D eigenvalue weighted by Crippen LogP contribution is 2.32. The van der Waals surface area contributed by atoms with Gasteiger partial charge in [0.1, 0.15) is 16.9 Å². The van der Waals surface area contributed by atoms with E-state index in [0.29, 0.717) is 22.2 Å². The van der Waals surface area contributed by atoms with Crippen molar-refractivity contribution in [2.24, 2.45) is 0 Å². The minimum Gasteiger partial charge on any atom is -0.485 e. The molecule has 25 heavy (non-hydrogen) atoms. The largest absolute Gasteiger partial charge is 0.485 e. The average molecular weight is 388 g/mol. The lowest BCUT2D eigenvalue weighted by atomic mass is 10.2. The van der Waals surface area contributed by atoms with Gasteiger partial charge < -0.3 is 14.3 Å². The van der Waals surface area contributed by atoms with E-state index in [0.717, 1.165) is 12.2 Å². The summed E-state index contributed by atoms with van der Waals surface area (Å²) in [4.78, 5) is 27.0. The summed E-state index contributed by atoms with van der Waals surface area (Å²) in [7, 11) is 1.43. The topological polar surface area (TPSA) is 73.9 Å². The van der Waals surface area contributed by atoms with Gasteiger partial charge in [-0.2, -0.15) is 5.48 Å². The minimum atomic E-state index is -0.704. The maximum atomic E-state index is 11.5. The Kier molecular flexibility index (Phi) is 9.69. The normalized spacial score (nSPS) is 12.3. The van der Waals surface area contributed by atoms with Crippen molar-refractivity contribution in [3.63, 3.8) is 0 Å². The predicted octanol–water partition coefficient (Wildman–Crippen LogP) is 3.48. The third kappa shape index (κ3) is 8.07. The molecule has 1 unspecified atom stereocenters. The third-order valence-electron chi connectivity index (χ3n) is 2.81. The second-order valence-electron chi connectivity index (χ2n) is 4.65. The van der Waals surface area contributed by atoms with Crippen LogP contribution in [-0.4, -0.2) is 31.7 Å². The van der Waals surface area contributed by atoms with E-state index in [9.17, 15) is 9.59 Å². The Balaban J connectivity index is 2.52. The molecule has 1 aromatic rings. The SMILES string of the molecule is C/C=C/C(CCOC(=O)/C=C/C(=O)ONC)Oc1cccc(Cl)c1Cl. The van der Waals surface area contributed by atoms with Crippen molar-refractivity contribution in [2.45, 2.75) is 19.4 Å². The molecule has 1 N–H and O–H groups in total. The Hall–Kier alpha value is -2.02. The van der Waals surface area contributed by atoms with Gasteiger partial charge in [-0.1, -0.05) is 35.3 Å². The second-order valence-corrected chi connectivity index (χ2v) is 5.43. The molecule has 0 spiro atoms. The van der Waals surface area contributed by atoms with Crippen molar-refractivity contribution in [2.75, 3.05) is 13.7 Å². The first-order valence-electron chi connectivity index (χ1n) is 7.43. The highest BCUT2D eigenvalue weighted by molar-refractivity contribution is 6.42. The fourth-order valence-corrected chi connectivity index (χ4v) is 2.08. The Morgan fingerprint density at radius 3 is 2.64 bits per heavy atom. The fourth-order valence-electron chi connectivity index (χ4n) is 1.74. The van der Waals surface area contributed by atoms with Crippen molar-refractivity contribution >= 4 is 35.1 Å². The molecule has 136 valence electrons. The molecular formula is C17H19Cl2NO5. The molecule has 8 heteroatoms. The molecule has 0 aliphatic carbocycles. The molecule has 0 heterocycles. The quantitative estimate of drug-likeness (QED) is 0.302. The first-order chi connectivity index (χ1) is 12.0. The number of esters is 1. The maximum absolute atomic E-state index is 11.5. The van der Waals surface area contributed by atoms with Crippen LogP contribution < -0.4 is 10.2 Å². The molecule has 0 saturated carbocycles. The Morgan fingerprint density at radius 2 is 1.96 bits per heavy atom.